The van der Waals surface area contributed by atoms with E-state index in [4.69, 9.17) is 5.11 Å². The smallest absolute Gasteiger partial charge is 0.336 e. The molecule has 1 unspecified atom stereocenters. The van der Waals surface area contributed by atoms with Gasteiger partial charge in [-0.05, 0) is 18.2 Å². The summed E-state index contributed by atoms with van der Waals surface area (Å²) in [4.78, 5) is 21.5. The molecule has 9 nitrogen and oxygen atoms in total. The number of rotatable bonds is 6. The first kappa shape index (κ1) is 16.4. The topological polar surface area (TPSA) is 145 Å². The lowest BCUT2D eigenvalue weighted by Gasteiger charge is -2.16. The Labute approximate surface area is 132 Å². The maximum absolute atomic E-state index is 11.2. The van der Waals surface area contributed by atoms with Crippen molar-refractivity contribution in [3.8, 4) is 0 Å². The van der Waals surface area contributed by atoms with Crippen LogP contribution >= 0.6 is 0 Å². The molecular formula is C13H10N3O6S-. The summed E-state index contributed by atoms with van der Waals surface area (Å²) in [6.07, 6.45) is 0. The van der Waals surface area contributed by atoms with Crippen molar-refractivity contribution in [1.29, 1.82) is 0 Å². The molecule has 23 heavy (non-hydrogen) atoms. The molecule has 2 aromatic rings. The first-order valence-electron chi connectivity index (χ1n) is 6.12. The van der Waals surface area contributed by atoms with Gasteiger partial charge in [0.05, 0.1) is 16.2 Å². The average Bonchev–Trinajstić information content (AvgIpc) is 2.48. The number of nitrogens with zero attached hydrogens (tertiary/aromatic N) is 1. The number of aromatic carboxylic acids is 1. The lowest BCUT2D eigenvalue weighted by atomic mass is 10.1. The molecule has 0 aromatic heterocycles. The normalized spacial score (nSPS) is 11.5. The van der Waals surface area contributed by atoms with E-state index in [2.05, 4.69) is 5.32 Å². The standard InChI is InChI=1S/C13H11N3O6S/c17-13(18)8-6-10(15-23(21)22)12(11(7-8)16(19)20)14-9-4-2-1-3-5-9/h1-7,14-15H,(H,17,18)(H,21,22)/p-1. The molecule has 0 saturated heterocycles. The molecule has 3 N–H and O–H groups in total. The van der Waals surface area contributed by atoms with Crippen LogP contribution in [0.4, 0.5) is 22.7 Å². The molecule has 0 aliphatic rings. The van der Waals surface area contributed by atoms with E-state index in [0.29, 0.717) is 5.69 Å². The molecular weight excluding hydrogens is 326 g/mol. The second kappa shape index (κ2) is 6.85. The third-order valence-electron chi connectivity index (χ3n) is 2.80. The number of nitrogens with one attached hydrogen (secondary N) is 2. The van der Waals surface area contributed by atoms with Gasteiger partial charge >= 0.3 is 5.97 Å². The minimum absolute atomic E-state index is 0.157. The van der Waals surface area contributed by atoms with E-state index >= 15 is 0 Å². The van der Waals surface area contributed by atoms with E-state index in [1.54, 1.807) is 30.3 Å². The molecule has 0 spiro atoms. The molecule has 0 fully saturated rings. The van der Waals surface area contributed by atoms with Gasteiger partial charge in [0.1, 0.15) is 5.69 Å². The number of nitro benzene ring substituents is 1. The van der Waals surface area contributed by atoms with Crippen molar-refractivity contribution in [3.05, 3.63) is 58.1 Å². The number of benzene rings is 2. The van der Waals surface area contributed by atoms with Crippen LogP contribution in [0.3, 0.4) is 0 Å². The van der Waals surface area contributed by atoms with E-state index in [1.807, 2.05) is 4.72 Å². The summed E-state index contributed by atoms with van der Waals surface area (Å²) in [5.74, 6) is -1.42. The van der Waals surface area contributed by atoms with Crippen LogP contribution in [0.15, 0.2) is 42.5 Å². The van der Waals surface area contributed by atoms with E-state index in [9.17, 15) is 23.7 Å². The Morgan fingerprint density at radius 3 is 2.39 bits per heavy atom. The van der Waals surface area contributed by atoms with Gasteiger partial charge in [0.25, 0.3) is 5.69 Å². The number of carbonyl (C=O) groups is 1. The quantitative estimate of drug-likeness (QED) is 0.416. The Morgan fingerprint density at radius 1 is 1.22 bits per heavy atom. The number of nitro groups is 1. The van der Waals surface area contributed by atoms with Crippen molar-refractivity contribution >= 4 is 40.0 Å². The van der Waals surface area contributed by atoms with E-state index in [0.717, 1.165) is 12.1 Å². The summed E-state index contributed by atoms with van der Waals surface area (Å²) in [5, 5.41) is 22.9. The molecule has 0 aliphatic heterocycles. The van der Waals surface area contributed by atoms with Gasteiger partial charge in [-0.25, -0.2) is 4.79 Å². The molecule has 10 heteroatoms. The van der Waals surface area contributed by atoms with Crippen LogP contribution in [0.25, 0.3) is 0 Å². The van der Waals surface area contributed by atoms with Gasteiger partial charge in [0.15, 0.2) is 0 Å². The number of anilines is 3. The zero-order valence-corrected chi connectivity index (χ0v) is 12.2. The number of carboxylic acids is 1. The summed E-state index contributed by atoms with van der Waals surface area (Å²) in [5.41, 5.74) is -0.910. The highest BCUT2D eigenvalue weighted by Crippen LogP contribution is 2.36. The minimum atomic E-state index is -2.78. The molecule has 0 amide bonds. The van der Waals surface area contributed by atoms with Crippen molar-refractivity contribution in [2.24, 2.45) is 0 Å². The Bertz CT molecular complexity index is 781. The summed E-state index contributed by atoms with van der Waals surface area (Å²) < 4.78 is 23.7. The first-order valence-corrected chi connectivity index (χ1v) is 7.19. The molecule has 2 aromatic carbocycles. The number of hydrogen-bond acceptors (Lipinski definition) is 6. The maximum atomic E-state index is 11.2. The first-order chi connectivity index (χ1) is 10.9. The van der Waals surface area contributed by atoms with Gasteiger partial charge in [-0.15, -0.1) is 0 Å². The summed E-state index contributed by atoms with van der Waals surface area (Å²) >= 11 is -2.78. The van der Waals surface area contributed by atoms with Gasteiger partial charge in [-0.2, -0.15) is 0 Å². The molecule has 2 rings (SSSR count). The number of carboxylic acid groups (broad SMARTS) is 1. The number of para-hydroxylation sites is 1. The van der Waals surface area contributed by atoms with Crippen LogP contribution in [0.2, 0.25) is 0 Å². The highest BCUT2D eigenvalue weighted by atomic mass is 32.2. The summed E-state index contributed by atoms with van der Waals surface area (Å²) in [6, 6.07) is 10.2. The van der Waals surface area contributed by atoms with Crippen LogP contribution in [-0.2, 0) is 11.3 Å². The molecule has 0 heterocycles. The second-order valence-corrected chi connectivity index (χ2v) is 4.98. The third kappa shape index (κ3) is 4.02. The monoisotopic (exact) mass is 336 g/mol. The Morgan fingerprint density at radius 2 is 1.87 bits per heavy atom. The molecule has 0 radical (unpaired) electrons. The van der Waals surface area contributed by atoms with Crippen molar-refractivity contribution in [3.63, 3.8) is 0 Å². The minimum Gasteiger partial charge on any atom is -0.755 e. The lowest BCUT2D eigenvalue weighted by molar-refractivity contribution is -0.383. The largest absolute Gasteiger partial charge is 0.755 e. The summed E-state index contributed by atoms with van der Waals surface area (Å²) in [6.45, 7) is 0. The number of hydrogen-bond donors (Lipinski definition) is 3. The lowest BCUT2D eigenvalue weighted by Crippen LogP contribution is -2.09. The van der Waals surface area contributed by atoms with Gasteiger partial charge in [0, 0.05) is 23.0 Å². The maximum Gasteiger partial charge on any atom is 0.336 e. The predicted molar refractivity (Wildman–Crippen MR) is 82.3 cm³/mol. The van der Waals surface area contributed by atoms with Crippen LogP contribution in [0.5, 0.6) is 0 Å². The molecule has 120 valence electrons. The van der Waals surface area contributed by atoms with Crippen LogP contribution in [-0.4, -0.2) is 24.8 Å². The van der Waals surface area contributed by atoms with Crippen molar-refractivity contribution in [2.45, 2.75) is 0 Å². The SMILES string of the molecule is O=C(O)c1cc(NS(=O)[O-])c(Nc2ccccc2)c([N+](=O)[O-])c1. The summed E-state index contributed by atoms with van der Waals surface area (Å²) in [7, 11) is 0. The van der Waals surface area contributed by atoms with Crippen molar-refractivity contribution in [2.75, 3.05) is 10.0 Å². The Kier molecular flexibility index (Phi) is 4.88. The van der Waals surface area contributed by atoms with E-state index in [-0.39, 0.29) is 11.4 Å². The van der Waals surface area contributed by atoms with Gasteiger partial charge < -0.3 is 19.7 Å². The van der Waals surface area contributed by atoms with E-state index in [1.165, 1.54) is 0 Å². The average molecular weight is 336 g/mol. The fraction of sp³-hybridized carbons (Fsp3) is 0. The van der Waals surface area contributed by atoms with Gasteiger partial charge in [0.2, 0.25) is 0 Å². The zero-order valence-electron chi connectivity index (χ0n) is 11.4. The fourth-order valence-corrected chi connectivity index (χ4v) is 2.20. The highest BCUT2D eigenvalue weighted by Gasteiger charge is 2.22. The van der Waals surface area contributed by atoms with Gasteiger partial charge in [-0.1, -0.05) is 18.2 Å². The molecule has 0 saturated carbocycles. The second-order valence-electron chi connectivity index (χ2n) is 4.31. The van der Waals surface area contributed by atoms with Crippen molar-refractivity contribution in [1.82, 2.24) is 0 Å². The van der Waals surface area contributed by atoms with Crippen LogP contribution in [0.1, 0.15) is 10.4 Å². The molecule has 0 aliphatic carbocycles. The molecule has 1 atom stereocenters. The van der Waals surface area contributed by atoms with E-state index < -0.39 is 33.4 Å². The van der Waals surface area contributed by atoms with Crippen LogP contribution < -0.4 is 10.0 Å². The van der Waals surface area contributed by atoms with Gasteiger partial charge in [-0.3, -0.25) is 14.3 Å². The molecule has 0 bridgehead atoms. The Balaban J connectivity index is 2.62. The zero-order chi connectivity index (χ0) is 17.0. The van der Waals surface area contributed by atoms with Crippen LogP contribution in [0, 0.1) is 10.1 Å². The predicted octanol–water partition coefficient (Wildman–Crippen LogP) is 2.24. The highest BCUT2D eigenvalue weighted by molar-refractivity contribution is 7.80. The third-order valence-corrected chi connectivity index (χ3v) is 3.18. The van der Waals surface area contributed by atoms with Crippen molar-refractivity contribution < 1.29 is 23.6 Å². The Hall–Kier alpha value is -2.98. The fourth-order valence-electron chi connectivity index (χ4n) is 1.86.